The molecule has 0 spiro atoms. The molecule has 0 aliphatic heterocycles. The molecule has 2 aromatic carbocycles. The monoisotopic (exact) mass is 304 g/mol. The molecule has 4 rings (SSSR count). The van der Waals surface area contributed by atoms with Gasteiger partial charge in [-0.15, -0.1) is 10.2 Å². The molecular weight excluding hydrogens is 288 g/mol. The molecular formula is C18H16N4O. The maximum atomic E-state index is 13.1. The summed E-state index contributed by atoms with van der Waals surface area (Å²) in [6, 6.07) is 13.6. The Morgan fingerprint density at radius 1 is 0.957 bits per heavy atom. The van der Waals surface area contributed by atoms with Crippen molar-refractivity contribution in [3.63, 3.8) is 0 Å². The van der Waals surface area contributed by atoms with E-state index in [4.69, 9.17) is 0 Å². The highest BCUT2D eigenvalue weighted by atomic mass is 16.1. The van der Waals surface area contributed by atoms with Gasteiger partial charge in [-0.1, -0.05) is 24.3 Å². The standard InChI is InChI=1S/C18H16N4O/c1-11-8-9-12(2)16(10-11)22-17(23)14-6-4-5-7-15(14)21-13(3)19-20-18(21)22/h4-10H,1-3H3. The molecule has 5 nitrogen and oxygen atoms in total. The normalized spacial score (nSPS) is 11.4. The number of hydrogen-bond donors (Lipinski definition) is 0. The van der Waals surface area contributed by atoms with Crippen molar-refractivity contribution in [2.45, 2.75) is 20.8 Å². The maximum absolute atomic E-state index is 13.1. The van der Waals surface area contributed by atoms with Gasteiger partial charge in [0.15, 0.2) is 0 Å². The highest BCUT2D eigenvalue weighted by Crippen LogP contribution is 2.20. The summed E-state index contributed by atoms with van der Waals surface area (Å²) in [6.07, 6.45) is 0. The summed E-state index contributed by atoms with van der Waals surface area (Å²) in [5.74, 6) is 1.30. The van der Waals surface area contributed by atoms with Gasteiger partial charge < -0.3 is 0 Å². The van der Waals surface area contributed by atoms with Crippen LogP contribution < -0.4 is 5.56 Å². The highest BCUT2D eigenvalue weighted by Gasteiger charge is 2.16. The lowest BCUT2D eigenvalue weighted by atomic mass is 10.1. The maximum Gasteiger partial charge on any atom is 0.267 e. The minimum Gasteiger partial charge on any atom is -0.268 e. The van der Waals surface area contributed by atoms with Crippen molar-refractivity contribution in [3.05, 3.63) is 69.8 Å². The van der Waals surface area contributed by atoms with Crippen LogP contribution in [0.4, 0.5) is 0 Å². The van der Waals surface area contributed by atoms with E-state index in [9.17, 15) is 4.79 Å². The average Bonchev–Trinajstić information content (AvgIpc) is 2.93. The number of aryl methyl sites for hydroxylation is 3. The Hall–Kier alpha value is -2.95. The summed E-state index contributed by atoms with van der Waals surface area (Å²) in [7, 11) is 0. The summed E-state index contributed by atoms with van der Waals surface area (Å²) >= 11 is 0. The van der Waals surface area contributed by atoms with Crippen molar-refractivity contribution in [3.8, 4) is 5.69 Å². The lowest BCUT2D eigenvalue weighted by Crippen LogP contribution is -2.22. The Morgan fingerprint density at radius 2 is 1.74 bits per heavy atom. The predicted molar refractivity (Wildman–Crippen MR) is 90.3 cm³/mol. The molecule has 0 amide bonds. The molecule has 0 unspecified atom stereocenters. The quantitative estimate of drug-likeness (QED) is 0.543. The fraction of sp³-hybridized carbons (Fsp3) is 0.167. The molecule has 114 valence electrons. The van der Waals surface area contributed by atoms with Gasteiger partial charge in [-0.25, -0.2) is 4.57 Å². The topological polar surface area (TPSA) is 52.2 Å². The summed E-state index contributed by atoms with van der Waals surface area (Å²) in [6.45, 7) is 5.90. The molecule has 0 N–H and O–H groups in total. The molecule has 2 aromatic heterocycles. The number of nitrogens with zero attached hydrogens (tertiary/aromatic N) is 4. The predicted octanol–water partition coefficient (Wildman–Crippen LogP) is 2.96. The molecule has 0 saturated heterocycles. The first-order valence-electron chi connectivity index (χ1n) is 7.51. The van der Waals surface area contributed by atoms with Crippen LogP contribution in [0.3, 0.4) is 0 Å². The molecule has 0 atom stereocenters. The van der Waals surface area contributed by atoms with Gasteiger partial charge in [0.1, 0.15) is 5.82 Å². The first-order chi connectivity index (χ1) is 11.1. The minimum atomic E-state index is -0.0748. The van der Waals surface area contributed by atoms with E-state index in [0.29, 0.717) is 11.2 Å². The van der Waals surface area contributed by atoms with Crippen LogP contribution in [0.25, 0.3) is 22.4 Å². The van der Waals surface area contributed by atoms with Crippen LogP contribution in [0.2, 0.25) is 0 Å². The van der Waals surface area contributed by atoms with E-state index in [1.54, 1.807) is 4.57 Å². The van der Waals surface area contributed by atoms with E-state index in [1.165, 1.54) is 0 Å². The molecule has 5 heteroatoms. The van der Waals surface area contributed by atoms with Crippen LogP contribution in [0.5, 0.6) is 0 Å². The van der Waals surface area contributed by atoms with Gasteiger partial charge in [-0.2, -0.15) is 0 Å². The van der Waals surface area contributed by atoms with Gasteiger partial charge in [-0.3, -0.25) is 9.20 Å². The van der Waals surface area contributed by atoms with Gasteiger partial charge in [0.05, 0.1) is 16.6 Å². The second-order valence-electron chi connectivity index (χ2n) is 5.83. The smallest absolute Gasteiger partial charge is 0.267 e. The molecule has 0 saturated carbocycles. The van der Waals surface area contributed by atoms with Crippen molar-refractivity contribution in [1.82, 2.24) is 19.2 Å². The van der Waals surface area contributed by atoms with E-state index in [2.05, 4.69) is 10.2 Å². The number of hydrogen-bond acceptors (Lipinski definition) is 3. The molecule has 0 aliphatic rings. The Kier molecular flexibility index (Phi) is 2.84. The zero-order chi connectivity index (χ0) is 16.1. The first kappa shape index (κ1) is 13.7. The summed E-state index contributed by atoms with van der Waals surface area (Å²) in [5, 5.41) is 9.09. The number of para-hydroxylation sites is 1. The summed E-state index contributed by atoms with van der Waals surface area (Å²) in [4.78, 5) is 13.1. The third-order valence-electron chi connectivity index (χ3n) is 4.19. The largest absolute Gasteiger partial charge is 0.268 e. The zero-order valence-corrected chi connectivity index (χ0v) is 13.2. The van der Waals surface area contributed by atoms with Crippen molar-refractivity contribution >= 4 is 16.7 Å². The van der Waals surface area contributed by atoms with E-state index < -0.39 is 0 Å². The average molecular weight is 304 g/mol. The minimum absolute atomic E-state index is 0.0748. The van der Waals surface area contributed by atoms with Crippen LogP contribution in [0.1, 0.15) is 17.0 Å². The highest BCUT2D eigenvalue weighted by molar-refractivity contribution is 5.81. The number of aromatic nitrogens is 4. The van der Waals surface area contributed by atoms with Crippen molar-refractivity contribution < 1.29 is 0 Å². The van der Waals surface area contributed by atoms with Crippen LogP contribution in [0.15, 0.2) is 47.3 Å². The molecule has 0 fully saturated rings. The lowest BCUT2D eigenvalue weighted by molar-refractivity contribution is 0.954. The van der Waals surface area contributed by atoms with Crippen LogP contribution in [-0.4, -0.2) is 19.2 Å². The van der Waals surface area contributed by atoms with E-state index in [1.807, 2.05) is 67.6 Å². The van der Waals surface area contributed by atoms with E-state index in [-0.39, 0.29) is 5.56 Å². The molecule has 0 radical (unpaired) electrons. The Labute approximate surface area is 132 Å². The number of benzene rings is 2. The molecule has 2 heterocycles. The van der Waals surface area contributed by atoms with Crippen molar-refractivity contribution in [1.29, 1.82) is 0 Å². The second-order valence-corrected chi connectivity index (χ2v) is 5.83. The van der Waals surface area contributed by atoms with Crippen LogP contribution in [0, 0.1) is 20.8 Å². The van der Waals surface area contributed by atoms with Gasteiger partial charge in [0, 0.05) is 0 Å². The third-order valence-corrected chi connectivity index (χ3v) is 4.19. The Balaban J connectivity index is 2.28. The SMILES string of the molecule is Cc1ccc(C)c(-n2c(=O)c3ccccc3n3c(C)nnc23)c1. The van der Waals surface area contributed by atoms with Crippen molar-refractivity contribution in [2.24, 2.45) is 0 Å². The number of fused-ring (bicyclic) bond motifs is 3. The molecule has 23 heavy (non-hydrogen) atoms. The summed E-state index contributed by atoms with van der Waals surface area (Å²) < 4.78 is 3.59. The van der Waals surface area contributed by atoms with Gasteiger partial charge in [0.2, 0.25) is 5.78 Å². The number of rotatable bonds is 1. The molecule has 0 aliphatic carbocycles. The van der Waals surface area contributed by atoms with Gasteiger partial charge >= 0.3 is 0 Å². The second kappa shape index (κ2) is 4.78. The van der Waals surface area contributed by atoms with Gasteiger partial charge in [0.25, 0.3) is 5.56 Å². The fourth-order valence-corrected chi connectivity index (χ4v) is 3.02. The van der Waals surface area contributed by atoms with Crippen molar-refractivity contribution in [2.75, 3.05) is 0 Å². The zero-order valence-electron chi connectivity index (χ0n) is 13.2. The molecule has 4 aromatic rings. The Bertz CT molecular complexity index is 1120. The van der Waals surface area contributed by atoms with E-state index >= 15 is 0 Å². The van der Waals surface area contributed by atoms with Crippen LogP contribution in [-0.2, 0) is 0 Å². The van der Waals surface area contributed by atoms with E-state index in [0.717, 1.165) is 28.2 Å². The Morgan fingerprint density at radius 3 is 2.57 bits per heavy atom. The lowest BCUT2D eigenvalue weighted by Gasteiger charge is -2.13. The summed E-state index contributed by atoms with van der Waals surface area (Å²) in [5.41, 5.74) is 3.72. The third kappa shape index (κ3) is 1.90. The fourth-order valence-electron chi connectivity index (χ4n) is 3.02. The van der Waals surface area contributed by atoms with Gasteiger partial charge in [-0.05, 0) is 50.1 Å². The molecule has 0 bridgehead atoms. The van der Waals surface area contributed by atoms with Crippen LogP contribution >= 0.6 is 0 Å². The first-order valence-corrected chi connectivity index (χ1v) is 7.51.